The Hall–Kier alpha value is -3.27. The number of para-hydroxylation sites is 1. The number of carbonyl (C=O) groups excluding carboxylic acids is 2. The Morgan fingerprint density at radius 2 is 2.08 bits per heavy atom. The number of halogens is 1. The van der Waals surface area contributed by atoms with Crippen LogP contribution in [0.2, 0.25) is 18.6 Å². The fraction of sp³-hybridized carbons (Fsp3) is 0.379. The molecule has 3 N–H and O–H groups in total. The van der Waals surface area contributed by atoms with Gasteiger partial charge in [-0.3, -0.25) is 9.59 Å². The molecule has 0 bridgehead atoms. The number of nitrogens with zero attached hydrogens (tertiary/aromatic N) is 1. The summed E-state index contributed by atoms with van der Waals surface area (Å²) in [5, 5.41) is 13.7. The maximum Gasteiger partial charge on any atom is 0.264 e. The lowest BCUT2D eigenvalue weighted by atomic mass is 9.82. The number of anilines is 2. The van der Waals surface area contributed by atoms with Gasteiger partial charge in [0.05, 0.1) is 18.2 Å². The van der Waals surface area contributed by atoms with Crippen molar-refractivity contribution in [1.29, 1.82) is 0 Å². The quantitative estimate of drug-likeness (QED) is 0.214. The van der Waals surface area contributed by atoms with Crippen LogP contribution in [0, 0.1) is 5.92 Å². The van der Waals surface area contributed by atoms with Crippen LogP contribution in [-0.2, 0) is 26.3 Å². The van der Waals surface area contributed by atoms with E-state index >= 15 is 4.11 Å². The van der Waals surface area contributed by atoms with Crippen molar-refractivity contribution in [2.45, 2.75) is 50.1 Å². The molecule has 3 aromatic rings. The molecule has 1 aromatic heterocycles. The maximum atomic E-state index is 15.6. The lowest BCUT2D eigenvalue weighted by Gasteiger charge is -2.31. The fourth-order valence-electron chi connectivity index (χ4n) is 6.49. The molecule has 2 amide bonds. The van der Waals surface area contributed by atoms with Crippen LogP contribution in [0.5, 0.6) is 0 Å². The lowest BCUT2D eigenvalue weighted by molar-refractivity contribution is -0.146. The number of aromatic amines is 1. The number of fused-ring (bicyclic) bond motifs is 3. The average Bonchev–Trinajstić information content (AvgIpc) is 3.47. The molecule has 4 atom stereocenters. The first-order valence-electron chi connectivity index (χ1n) is 13.0. The summed E-state index contributed by atoms with van der Waals surface area (Å²) in [6.07, 6.45) is 3.34. The molecular weight excluding hydrogens is 501 g/mol. The summed E-state index contributed by atoms with van der Waals surface area (Å²) < 4.78 is 22.1. The van der Waals surface area contributed by atoms with Crippen molar-refractivity contribution in [3.05, 3.63) is 72.4 Å². The molecule has 0 radical (unpaired) electrons. The molecular formula is C29H34FN3O4Si. The third-order valence-corrected chi connectivity index (χ3v) is 10.5. The standard InChI is InChI=1S/C29H34FN3O4Si/c1-5-13-33-24-11-10-20(32-26(35)15-19-17-31-23-9-7-6-8-21(19)23)16-22(24)29(28(33)36)18(2)27(38(3,4)30)25(37-29)12-14-34/h5-11,16-18,25,27,31,34H,1,12-15H2,2-4H3,(H,32,35)/t18-,25+,27-,29+/m1/s1. The van der Waals surface area contributed by atoms with Gasteiger partial charge in [-0.2, -0.15) is 0 Å². The van der Waals surface area contributed by atoms with E-state index in [1.807, 2.05) is 37.4 Å². The fourth-order valence-corrected chi connectivity index (χ4v) is 9.03. The minimum Gasteiger partial charge on any atom is -0.396 e. The van der Waals surface area contributed by atoms with Gasteiger partial charge in [-0.15, -0.1) is 6.58 Å². The Labute approximate surface area is 222 Å². The molecule has 3 heterocycles. The SMILES string of the molecule is C=CCN1C(=O)[C@@]2(O[C@@H](CCO)[C@H]([Si](C)(C)F)[C@H]2C)c2cc(NC(=O)Cc3c[nH]c4ccccc34)ccc21. The van der Waals surface area contributed by atoms with Crippen LogP contribution < -0.4 is 10.2 Å². The molecule has 2 aliphatic heterocycles. The number of aliphatic hydroxyl groups excluding tert-OH is 1. The molecule has 7 nitrogen and oxygen atoms in total. The highest BCUT2D eigenvalue weighted by atomic mass is 28.4. The molecule has 5 rings (SSSR count). The van der Waals surface area contributed by atoms with Crippen LogP contribution in [0.1, 0.15) is 24.5 Å². The molecule has 200 valence electrons. The van der Waals surface area contributed by atoms with Crippen LogP contribution >= 0.6 is 0 Å². The number of benzene rings is 2. The molecule has 1 spiro atoms. The topological polar surface area (TPSA) is 94.7 Å². The highest BCUT2D eigenvalue weighted by molar-refractivity contribution is 6.72. The van der Waals surface area contributed by atoms with E-state index in [9.17, 15) is 14.7 Å². The van der Waals surface area contributed by atoms with Gasteiger partial charge in [-0.25, -0.2) is 0 Å². The Morgan fingerprint density at radius 1 is 1.32 bits per heavy atom. The van der Waals surface area contributed by atoms with E-state index in [4.69, 9.17) is 4.74 Å². The second-order valence-electron chi connectivity index (χ2n) is 10.8. The van der Waals surface area contributed by atoms with Gasteiger partial charge in [0.25, 0.3) is 5.91 Å². The molecule has 2 aromatic carbocycles. The normalized spacial score (nSPS) is 24.8. The Morgan fingerprint density at radius 3 is 2.79 bits per heavy atom. The molecule has 9 heteroatoms. The third-order valence-electron chi connectivity index (χ3n) is 8.00. The zero-order valence-electron chi connectivity index (χ0n) is 22.0. The second kappa shape index (κ2) is 9.80. The van der Waals surface area contributed by atoms with Crippen molar-refractivity contribution in [2.75, 3.05) is 23.4 Å². The Bertz CT molecular complexity index is 1400. The summed E-state index contributed by atoms with van der Waals surface area (Å²) in [7, 11) is -3.27. The van der Waals surface area contributed by atoms with Crippen LogP contribution in [0.3, 0.4) is 0 Å². The van der Waals surface area contributed by atoms with Crippen molar-refractivity contribution in [1.82, 2.24) is 4.98 Å². The first-order chi connectivity index (χ1) is 18.1. The smallest absolute Gasteiger partial charge is 0.264 e. The predicted octanol–water partition coefficient (Wildman–Crippen LogP) is 5.04. The first-order valence-corrected chi connectivity index (χ1v) is 16.0. The highest BCUT2D eigenvalue weighted by Gasteiger charge is 2.66. The minimum absolute atomic E-state index is 0.157. The largest absolute Gasteiger partial charge is 0.396 e. The number of hydrogen-bond acceptors (Lipinski definition) is 4. The van der Waals surface area contributed by atoms with Crippen LogP contribution in [-0.4, -0.2) is 49.6 Å². The number of aliphatic hydroxyl groups is 1. The molecule has 2 aliphatic rings. The summed E-state index contributed by atoms with van der Waals surface area (Å²) in [6, 6.07) is 13.2. The minimum atomic E-state index is -3.27. The van der Waals surface area contributed by atoms with E-state index in [1.165, 1.54) is 0 Å². The molecule has 38 heavy (non-hydrogen) atoms. The second-order valence-corrected chi connectivity index (χ2v) is 14.6. The molecule has 0 unspecified atom stereocenters. The Balaban J connectivity index is 1.50. The first kappa shape index (κ1) is 26.3. The van der Waals surface area contributed by atoms with Crippen molar-refractivity contribution in [3.8, 4) is 0 Å². The van der Waals surface area contributed by atoms with E-state index in [1.54, 1.807) is 42.3 Å². The molecule has 0 saturated carbocycles. The molecule has 1 saturated heterocycles. The number of rotatable bonds is 8. The number of ether oxygens (including phenoxy) is 1. The monoisotopic (exact) mass is 535 g/mol. The number of aromatic nitrogens is 1. The number of nitrogens with one attached hydrogen (secondary N) is 2. The van der Waals surface area contributed by atoms with E-state index in [-0.39, 0.29) is 37.8 Å². The van der Waals surface area contributed by atoms with Crippen molar-refractivity contribution >= 4 is 42.5 Å². The number of carbonyl (C=O) groups is 2. The maximum absolute atomic E-state index is 15.6. The van der Waals surface area contributed by atoms with Gasteiger partial charge in [0.2, 0.25) is 14.3 Å². The summed E-state index contributed by atoms with van der Waals surface area (Å²) in [4.78, 5) is 31.8. The van der Waals surface area contributed by atoms with Gasteiger partial charge >= 0.3 is 0 Å². The highest BCUT2D eigenvalue weighted by Crippen LogP contribution is 2.60. The van der Waals surface area contributed by atoms with Gasteiger partial charge in [0, 0.05) is 53.0 Å². The predicted molar refractivity (Wildman–Crippen MR) is 149 cm³/mol. The average molecular weight is 536 g/mol. The third kappa shape index (κ3) is 4.18. The zero-order valence-corrected chi connectivity index (χ0v) is 23.0. The Kier molecular flexibility index (Phi) is 6.79. The van der Waals surface area contributed by atoms with Gasteiger partial charge < -0.3 is 29.2 Å². The summed E-state index contributed by atoms with van der Waals surface area (Å²) in [5.41, 5.74) is 1.81. The van der Waals surface area contributed by atoms with Crippen molar-refractivity contribution in [3.63, 3.8) is 0 Å². The van der Waals surface area contributed by atoms with E-state index in [0.29, 0.717) is 16.9 Å². The van der Waals surface area contributed by atoms with Crippen LogP contribution in [0.15, 0.2) is 61.3 Å². The number of hydrogen-bond donors (Lipinski definition) is 3. The van der Waals surface area contributed by atoms with E-state index < -0.39 is 31.6 Å². The van der Waals surface area contributed by atoms with Crippen LogP contribution in [0.25, 0.3) is 10.9 Å². The van der Waals surface area contributed by atoms with E-state index in [0.717, 1.165) is 16.5 Å². The van der Waals surface area contributed by atoms with Gasteiger partial charge in [-0.05, 0) is 49.3 Å². The number of amides is 2. The summed E-state index contributed by atoms with van der Waals surface area (Å²) in [6.45, 7) is 9.05. The summed E-state index contributed by atoms with van der Waals surface area (Å²) in [5.74, 6) is -0.903. The molecule has 0 aliphatic carbocycles. The summed E-state index contributed by atoms with van der Waals surface area (Å²) >= 11 is 0. The zero-order chi connectivity index (χ0) is 27.2. The van der Waals surface area contributed by atoms with Crippen molar-refractivity contribution < 1.29 is 23.5 Å². The van der Waals surface area contributed by atoms with Crippen LogP contribution in [0.4, 0.5) is 15.5 Å². The molecule has 1 fully saturated rings. The lowest BCUT2D eigenvalue weighted by Crippen LogP contribution is -2.45. The van der Waals surface area contributed by atoms with Crippen molar-refractivity contribution in [2.24, 2.45) is 5.92 Å². The van der Waals surface area contributed by atoms with Gasteiger partial charge in [0.15, 0.2) is 5.60 Å². The number of H-pyrrole nitrogens is 1. The van der Waals surface area contributed by atoms with Gasteiger partial charge in [0.1, 0.15) is 0 Å². The van der Waals surface area contributed by atoms with Gasteiger partial charge in [-0.1, -0.05) is 31.2 Å². The van der Waals surface area contributed by atoms with E-state index in [2.05, 4.69) is 16.9 Å².